The molecule has 4 aromatic carbocycles. The van der Waals surface area contributed by atoms with Crippen molar-refractivity contribution in [1.29, 1.82) is 0 Å². The van der Waals surface area contributed by atoms with Gasteiger partial charge in [-0.05, 0) is 47.5 Å². The fourth-order valence-corrected chi connectivity index (χ4v) is 2.93. The molecule has 136 valence electrons. The molecule has 0 aliphatic carbocycles. The standard InChI is InChI=1S/C25H19NO2/c27-25(23-13-7-8-14-24(23)28-22-11-5-2-6-12-22)26-21-17-15-20(16-18-21)19-9-3-1-4-10-19/h1-18H,(H,26,27). The number of hydrogen-bond donors (Lipinski definition) is 1. The molecule has 0 heterocycles. The summed E-state index contributed by atoms with van der Waals surface area (Å²) in [5.41, 5.74) is 3.46. The molecule has 0 saturated heterocycles. The van der Waals surface area contributed by atoms with Gasteiger partial charge in [-0.15, -0.1) is 0 Å². The van der Waals surface area contributed by atoms with Crippen molar-refractivity contribution in [2.45, 2.75) is 0 Å². The van der Waals surface area contributed by atoms with Crippen LogP contribution in [0.25, 0.3) is 11.1 Å². The number of rotatable bonds is 5. The third-order valence-electron chi connectivity index (χ3n) is 4.35. The molecule has 0 atom stereocenters. The molecule has 1 N–H and O–H groups in total. The maximum absolute atomic E-state index is 12.8. The second-order valence-corrected chi connectivity index (χ2v) is 6.31. The summed E-state index contributed by atoms with van der Waals surface area (Å²) in [6.45, 7) is 0. The van der Waals surface area contributed by atoms with Crippen LogP contribution in [0.2, 0.25) is 0 Å². The summed E-state index contributed by atoms with van der Waals surface area (Å²) >= 11 is 0. The fraction of sp³-hybridized carbons (Fsp3) is 0. The van der Waals surface area contributed by atoms with Crippen LogP contribution in [0.4, 0.5) is 5.69 Å². The molecule has 3 heteroatoms. The molecule has 0 spiro atoms. The minimum Gasteiger partial charge on any atom is -0.457 e. The van der Waals surface area contributed by atoms with Crippen LogP contribution in [-0.4, -0.2) is 5.91 Å². The molecule has 4 aromatic rings. The van der Waals surface area contributed by atoms with Crippen LogP contribution < -0.4 is 10.1 Å². The highest BCUT2D eigenvalue weighted by atomic mass is 16.5. The largest absolute Gasteiger partial charge is 0.457 e. The van der Waals surface area contributed by atoms with Gasteiger partial charge in [0.25, 0.3) is 5.91 Å². The van der Waals surface area contributed by atoms with E-state index in [-0.39, 0.29) is 5.91 Å². The zero-order valence-corrected chi connectivity index (χ0v) is 15.2. The average molecular weight is 365 g/mol. The molecule has 4 rings (SSSR count). The Labute approximate surface area is 164 Å². The molecule has 0 fully saturated rings. The molecule has 0 unspecified atom stereocenters. The minimum atomic E-state index is -0.209. The monoisotopic (exact) mass is 365 g/mol. The first-order chi connectivity index (χ1) is 13.8. The van der Waals surface area contributed by atoms with Crippen molar-refractivity contribution in [3.05, 3.63) is 115 Å². The highest BCUT2D eigenvalue weighted by Gasteiger charge is 2.13. The summed E-state index contributed by atoms with van der Waals surface area (Å²) in [5.74, 6) is 1.00. The Hall–Kier alpha value is -3.85. The molecule has 0 radical (unpaired) electrons. The van der Waals surface area contributed by atoms with Gasteiger partial charge in [-0.1, -0.05) is 72.8 Å². The quantitative estimate of drug-likeness (QED) is 0.444. The van der Waals surface area contributed by atoms with Crippen LogP contribution in [0.5, 0.6) is 11.5 Å². The van der Waals surface area contributed by atoms with E-state index < -0.39 is 0 Å². The Morgan fingerprint density at radius 1 is 0.607 bits per heavy atom. The zero-order valence-electron chi connectivity index (χ0n) is 15.2. The van der Waals surface area contributed by atoms with Crippen molar-refractivity contribution < 1.29 is 9.53 Å². The van der Waals surface area contributed by atoms with Crippen molar-refractivity contribution in [1.82, 2.24) is 0 Å². The predicted octanol–water partition coefficient (Wildman–Crippen LogP) is 6.40. The Morgan fingerprint density at radius 3 is 1.89 bits per heavy atom. The van der Waals surface area contributed by atoms with Crippen molar-refractivity contribution in [3.8, 4) is 22.6 Å². The number of anilines is 1. The number of nitrogens with one attached hydrogen (secondary N) is 1. The van der Waals surface area contributed by atoms with Gasteiger partial charge < -0.3 is 10.1 Å². The van der Waals surface area contributed by atoms with Crippen molar-refractivity contribution in [3.63, 3.8) is 0 Å². The second kappa shape index (κ2) is 8.23. The first kappa shape index (κ1) is 17.6. The highest BCUT2D eigenvalue weighted by Crippen LogP contribution is 2.26. The number of carbonyl (C=O) groups is 1. The molecule has 0 aliphatic rings. The molecule has 0 aromatic heterocycles. The molecular formula is C25H19NO2. The Morgan fingerprint density at radius 2 is 1.18 bits per heavy atom. The van der Waals surface area contributed by atoms with Crippen molar-refractivity contribution in [2.75, 3.05) is 5.32 Å². The lowest BCUT2D eigenvalue weighted by molar-refractivity contribution is 0.102. The summed E-state index contributed by atoms with van der Waals surface area (Å²) < 4.78 is 5.88. The number of amides is 1. The molecule has 0 saturated carbocycles. The maximum atomic E-state index is 12.8. The van der Waals surface area contributed by atoms with E-state index >= 15 is 0 Å². The topological polar surface area (TPSA) is 38.3 Å². The number of hydrogen-bond acceptors (Lipinski definition) is 2. The lowest BCUT2D eigenvalue weighted by atomic mass is 10.1. The van der Waals surface area contributed by atoms with E-state index in [0.717, 1.165) is 16.8 Å². The fourth-order valence-electron chi connectivity index (χ4n) is 2.93. The van der Waals surface area contributed by atoms with Gasteiger partial charge in [0.2, 0.25) is 0 Å². The van der Waals surface area contributed by atoms with E-state index in [4.69, 9.17) is 4.74 Å². The normalized spacial score (nSPS) is 10.3. The number of benzene rings is 4. The molecule has 0 bridgehead atoms. The first-order valence-electron chi connectivity index (χ1n) is 9.08. The van der Waals surface area contributed by atoms with Crippen LogP contribution in [-0.2, 0) is 0 Å². The van der Waals surface area contributed by atoms with Gasteiger partial charge >= 0.3 is 0 Å². The van der Waals surface area contributed by atoms with Crippen LogP contribution in [0.15, 0.2) is 109 Å². The first-order valence-corrected chi connectivity index (χ1v) is 9.08. The smallest absolute Gasteiger partial charge is 0.259 e. The summed E-state index contributed by atoms with van der Waals surface area (Å²) in [6, 6.07) is 34.6. The van der Waals surface area contributed by atoms with E-state index in [0.29, 0.717) is 17.1 Å². The Kier molecular flexibility index (Phi) is 5.16. The van der Waals surface area contributed by atoms with E-state index in [1.165, 1.54) is 0 Å². The van der Waals surface area contributed by atoms with Gasteiger partial charge in [-0.25, -0.2) is 0 Å². The van der Waals surface area contributed by atoms with Gasteiger partial charge in [0.1, 0.15) is 11.5 Å². The summed E-state index contributed by atoms with van der Waals surface area (Å²) in [6.07, 6.45) is 0. The number of carbonyl (C=O) groups excluding carboxylic acids is 1. The Bertz CT molecular complexity index is 1060. The van der Waals surface area contributed by atoms with E-state index in [9.17, 15) is 4.79 Å². The molecule has 28 heavy (non-hydrogen) atoms. The number of ether oxygens (including phenoxy) is 1. The second-order valence-electron chi connectivity index (χ2n) is 6.31. The maximum Gasteiger partial charge on any atom is 0.259 e. The molecular weight excluding hydrogens is 346 g/mol. The van der Waals surface area contributed by atoms with Gasteiger partial charge in [0.15, 0.2) is 0 Å². The van der Waals surface area contributed by atoms with Crippen LogP contribution in [0.1, 0.15) is 10.4 Å². The molecule has 1 amide bonds. The summed E-state index contributed by atoms with van der Waals surface area (Å²) in [5, 5.41) is 2.94. The van der Waals surface area contributed by atoms with Gasteiger partial charge in [-0.3, -0.25) is 4.79 Å². The molecule has 3 nitrogen and oxygen atoms in total. The van der Waals surface area contributed by atoms with Crippen molar-refractivity contribution >= 4 is 11.6 Å². The lowest BCUT2D eigenvalue weighted by Gasteiger charge is -2.12. The predicted molar refractivity (Wildman–Crippen MR) is 113 cm³/mol. The average Bonchev–Trinajstić information content (AvgIpc) is 2.76. The van der Waals surface area contributed by atoms with Crippen LogP contribution >= 0.6 is 0 Å². The number of para-hydroxylation sites is 2. The van der Waals surface area contributed by atoms with Crippen molar-refractivity contribution in [2.24, 2.45) is 0 Å². The minimum absolute atomic E-state index is 0.209. The van der Waals surface area contributed by atoms with Gasteiger partial charge in [0.05, 0.1) is 5.56 Å². The van der Waals surface area contributed by atoms with Gasteiger partial charge in [0, 0.05) is 5.69 Å². The van der Waals surface area contributed by atoms with Crippen LogP contribution in [0, 0.1) is 0 Å². The Balaban J connectivity index is 1.51. The summed E-state index contributed by atoms with van der Waals surface area (Å²) in [4.78, 5) is 12.8. The highest BCUT2D eigenvalue weighted by molar-refractivity contribution is 6.06. The van der Waals surface area contributed by atoms with Gasteiger partial charge in [-0.2, -0.15) is 0 Å². The van der Waals surface area contributed by atoms with E-state index in [1.807, 2.05) is 84.9 Å². The third kappa shape index (κ3) is 4.10. The zero-order chi connectivity index (χ0) is 19.2. The third-order valence-corrected chi connectivity index (χ3v) is 4.35. The summed E-state index contributed by atoms with van der Waals surface area (Å²) in [7, 11) is 0. The molecule has 0 aliphatic heterocycles. The van der Waals surface area contributed by atoms with Crippen LogP contribution in [0.3, 0.4) is 0 Å². The van der Waals surface area contributed by atoms with E-state index in [1.54, 1.807) is 12.1 Å². The lowest BCUT2D eigenvalue weighted by Crippen LogP contribution is -2.12. The van der Waals surface area contributed by atoms with E-state index in [2.05, 4.69) is 17.4 Å². The SMILES string of the molecule is O=C(Nc1ccc(-c2ccccc2)cc1)c1ccccc1Oc1ccccc1.